The van der Waals surface area contributed by atoms with E-state index in [9.17, 15) is 14.9 Å². The Morgan fingerprint density at radius 2 is 2.38 bits per heavy atom. The quantitative estimate of drug-likeness (QED) is 0.681. The molecule has 1 aliphatic heterocycles. The number of aliphatic imine (C=N–C) groups is 1. The van der Waals surface area contributed by atoms with Gasteiger partial charge in [-0.1, -0.05) is 23.4 Å². The molecule has 1 aromatic rings. The van der Waals surface area contributed by atoms with Gasteiger partial charge in [-0.3, -0.25) is 10.1 Å². The van der Waals surface area contributed by atoms with Crippen LogP contribution in [-0.4, -0.2) is 35.0 Å². The normalized spacial score (nSPS) is 16.3. The lowest BCUT2D eigenvalue weighted by molar-refractivity contribution is -0.384. The van der Waals surface area contributed by atoms with E-state index in [2.05, 4.69) is 10.3 Å². The van der Waals surface area contributed by atoms with Gasteiger partial charge in [-0.05, 0) is 19.1 Å². The van der Waals surface area contributed by atoms with E-state index in [0.717, 1.165) is 0 Å². The molecule has 0 radical (unpaired) electrons. The molecule has 0 unspecified atom stereocenters. The Labute approximate surface area is 130 Å². The van der Waals surface area contributed by atoms with E-state index in [1.165, 1.54) is 30.0 Å². The summed E-state index contributed by atoms with van der Waals surface area (Å²) in [5, 5.41) is 14.5. The van der Waals surface area contributed by atoms with Crippen LogP contribution >= 0.6 is 23.4 Å². The van der Waals surface area contributed by atoms with Crippen molar-refractivity contribution in [2.45, 2.75) is 6.92 Å². The van der Waals surface area contributed by atoms with Gasteiger partial charge in [-0.2, -0.15) is 4.99 Å². The number of nitro groups is 1. The molecule has 1 heterocycles. The fourth-order valence-electron chi connectivity index (χ4n) is 1.86. The molecular formula is C12H13ClN4O3S. The standard InChI is InChI=1S/C12H13ClN4O3S/c1-2-14-11(18)15-12-16(5-6-21-12)10-7-8(13)3-4-9(10)17(19)20/h3-4,7H,2,5-6H2,1H3,(H,14,18). The van der Waals surface area contributed by atoms with E-state index < -0.39 is 11.0 Å². The van der Waals surface area contributed by atoms with Crippen LogP contribution in [0.1, 0.15) is 6.92 Å². The Bertz CT molecular complexity index is 608. The first kappa shape index (κ1) is 15.6. The minimum absolute atomic E-state index is 0.0644. The van der Waals surface area contributed by atoms with E-state index in [1.807, 2.05) is 0 Å². The second-order valence-corrected chi connectivity index (χ2v) is 5.62. The Morgan fingerprint density at radius 1 is 1.62 bits per heavy atom. The summed E-state index contributed by atoms with van der Waals surface area (Å²) in [6, 6.07) is 3.87. The van der Waals surface area contributed by atoms with Crippen LogP contribution < -0.4 is 10.2 Å². The number of carbonyl (C=O) groups is 1. The first-order valence-corrected chi connectivity index (χ1v) is 7.60. The van der Waals surface area contributed by atoms with E-state index in [0.29, 0.717) is 34.7 Å². The predicted molar refractivity (Wildman–Crippen MR) is 84.4 cm³/mol. The smallest absolute Gasteiger partial charge is 0.336 e. The van der Waals surface area contributed by atoms with Gasteiger partial charge in [0.1, 0.15) is 5.69 Å². The number of nitrogens with zero attached hydrogens (tertiary/aromatic N) is 3. The minimum Gasteiger partial charge on any atom is -0.336 e. The van der Waals surface area contributed by atoms with Crippen LogP contribution in [-0.2, 0) is 0 Å². The second kappa shape index (κ2) is 6.77. The molecule has 1 fully saturated rings. The minimum atomic E-state index is -0.474. The number of urea groups is 1. The third kappa shape index (κ3) is 3.64. The predicted octanol–water partition coefficient (Wildman–Crippen LogP) is 2.89. The van der Waals surface area contributed by atoms with Gasteiger partial charge in [0.25, 0.3) is 5.69 Å². The molecule has 0 aromatic heterocycles. The van der Waals surface area contributed by atoms with Crippen LogP contribution in [0, 0.1) is 10.1 Å². The van der Waals surface area contributed by atoms with Crippen molar-refractivity contribution in [3.63, 3.8) is 0 Å². The number of nitro benzene ring substituents is 1. The number of hydrogen-bond acceptors (Lipinski definition) is 4. The lowest BCUT2D eigenvalue weighted by Gasteiger charge is -2.17. The molecule has 0 aliphatic carbocycles. The molecule has 2 rings (SSSR count). The maximum absolute atomic E-state index is 11.6. The number of amides is 2. The molecular weight excluding hydrogens is 316 g/mol. The molecule has 21 heavy (non-hydrogen) atoms. The van der Waals surface area contributed by atoms with Crippen molar-refractivity contribution in [2.75, 3.05) is 23.7 Å². The highest BCUT2D eigenvalue weighted by Crippen LogP contribution is 2.35. The molecule has 1 N–H and O–H groups in total. The van der Waals surface area contributed by atoms with Gasteiger partial charge >= 0.3 is 6.03 Å². The number of rotatable bonds is 3. The zero-order chi connectivity index (χ0) is 15.4. The molecule has 9 heteroatoms. The summed E-state index contributed by atoms with van der Waals surface area (Å²) in [5.74, 6) is 0.696. The molecule has 1 saturated heterocycles. The lowest BCUT2D eigenvalue weighted by atomic mass is 10.2. The van der Waals surface area contributed by atoms with Crippen LogP contribution in [0.3, 0.4) is 0 Å². The Kier molecular flexibility index (Phi) is 5.03. The highest BCUT2D eigenvalue weighted by molar-refractivity contribution is 8.14. The Balaban J connectivity index is 2.38. The molecule has 1 aromatic carbocycles. The van der Waals surface area contributed by atoms with Gasteiger partial charge < -0.3 is 10.2 Å². The van der Waals surface area contributed by atoms with Crippen molar-refractivity contribution in [1.29, 1.82) is 0 Å². The first-order chi connectivity index (χ1) is 10.0. The van der Waals surface area contributed by atoms with Crippen LogP contribution in [0.2, 0.25) is 5.02 Å². The number of hydrogen-bond donors (Lipinski definition) is 1. The Hall–Kier alpha value is -1.80. The first-order valence-electron chi connectivity index (χ1n) is 6.23. The van der Waals surface area contributed by atoms with Gasteiger partial charge in [0.05, 0.1) is 4.92 Å². The van der Waals surface area contributed by atoms with Crippen molar-refractivity contribution in [1.82, 2.24) is 5.32 Å². The second-order valence-electron chi connectivity index (χ2n) is 4.12. The number of anilines is 1. The van der Waals surface area contributed by atoms with Crippen molar-refractivity contribution in [2.24, 2.45) is 4.99 Å². The molecule has 2 amide bonds. The van der Waals surface area contributed by atoms with E-state index in [1.54, 1.807) is 11.8 Å². The average Bonchev–Trinajstić information content (AvgIpc) is 2.86. The topological polar surface area (TPSA) is 87.8 Å². The molecule has 1 aliphatic rings. The fourth-order valence-corrected chi connectivity index (χ4v) is 2.98. The average molecular weight is 329 g/mol. The fraction of sp³-hybridized carbons (Fsp3) is 0.333. The summed E-state index contributed by atoms with van der Waals surface area (Å²) in [5.41, 5.74) is 0.283. The van der Waals surface area contributed by atoms with Gasteiger partial charge in [-0.15, -0.1) is 0 Å². The highest BCUT2D eigenvalue weighted by atomic mass is 35.5. The molecule has 112 valence electrons. The van der Waals surface area contributed by atoms with Crippen LogP contribution in [0.15, 0.2) is 23.2 Å². The summed E-state index contributed by atoms with van der Waals surface area (Å²) in [4.78, 5) is 27.8. The molecule has 0 spiro atoms. The Morgan fingerprint density at radius 3 is 3.05 bits per heavy atom. The maximum atomic E-state index is 11.6. The number of thioether (sulfide) groups is 1. The zero-order valence-electron chi connectivity index (χ0n) is 11.2. The van der Waals surface area contributed by atoms with Crippen LogP contribution in [0.5, 0.6) is 0 Å². The molecule has 0 atom stereocenters. The van der Waals surface area contributed by atoms with E-state index >= 15 is 0 Å². The third-order valence-electron chi connectivity index (χ3n) is 2.73. The summed E-state index contributed by atoms with van der Waals surface area (Å²) >= 11 is 7.30. The number of benzene rings is 1. The largest absolute Gasteiger partial charge is 0.343 e. The van der Waals surface area contributed by atoms with Crippen LogP contribution in [0.4, 0.5) is 16.2 Å². The van der Waals surface area contributed by atoms with E-state index in [-0.39, 0.29) is 5.69 Å². The number of amidine groups is 1. The van der Waals surface area contributed by atoms with Crippen LogP contribution in [0.25, 0.3) is 0 Å². The molecule has 7 nitrogen and oxygen atoms in total. The number of halogens is 1. The summed E-state index contributed by atoms with van der Waals surface area (Å²) in [6.07, 6.45) is 0. The monoisotopic (exact) mass is 328 g/mol. The number of nitrogens with one attached hydrogen (secondary N) is 1. The SMILES string of the molecule is CCNC(=O)N=C1SCCN1c1cc(Cl)ccc1[N+](=O)[O-]. The summed E-state index contributed by atoms with van der Waals surface area (Å²) in [7, 11) is 0. The number of carbonyl (C=O) groups excluding carboxylic acids is 1. The van der Waals surface area contributed by atoms with E-state index in [4.69, 9.17) is 11.6 Å². The van der Waals surface area contributed by atoms with Crippen molar-refractivity contribution in [3.05, 3.63) is 33.3 Å². The van der Waals surface area contributed by atoms with Crippen molar-refractivity contribution >= 4 is 45.9 Å². The van der Waals surface area contributed by atoms with Gasteiger partial charge in [0, 0.05) is 29.9 Å². The van der Waals surface area contributed by atoms with Gasteiger partial charge in [0.15, 0.2) is 5.17 Å². The third-order valence-corrected chi connectivity index (χ3v) is 3.92. The maximum Gasteiger partial charge on any atom is 0.343 e. The van der Waals surface area contributed by atoms with Crippen molar-refractivity contribution in [3.8, 4) is 0 Å². The highest BCUT2D eigenvalue weighted by Gasteiger charge is 2.28. The van der Waals surface area contributed by atoms with Gasteiger partial charge in [0.2, 0.25) is 0 Å². The zero-order valence-corrected chi connectivity index (χ0v) is 12.8. The molecule has 0 bridgehead atoms. The lowest BCUT2D eigenvalue weighted by Crippen LogP contribution is -2.28. The summed E-state index contributed by atoms with van der Waals surface area (Å²) < 4.78 is 0. The summed E-state index contributed by atoms with van der Waals surface area (Å²) in [6.45, 7) is 2.79. The van der Waals surface area contributed by atoms with Gasteiger partial charge in [-0.25, -0.2) is 4.79 Å². The molecule has 0 saturated carbocycles. The van der Waals surface area contributed by atoms with Crippen molar-refractivity contribution < 1.29 is 9.72 Å².